The molecule has 0 saturated carbocycles. The predicted molar refractivity (Wildman–Crippen MR) is 80.2 cm³/mol. The molecule has 1 aromatic rings. The molecule has 1 aliphatic rings. The molecule has 0 bridgehead atoms. The van der Waals surface area contributed by atoms with Crippen LogP contribution in [-0.4, -0.2) is 35.9 Å². The standard InChI is InChI=1S/C13H20Cl2N4/c1-2-3-7-19(9-10-5-4-6-16-10)11-8-12(14)17-18-13(11)15/h8,10,16H,2-7,9H2,1H3. The van der Waals surface area contributed by atoms with Crippen molar-refractivity contribution in [2.45, 2.75) is 38.6 Å². The van der Waals surface area contributed by atoms with Gasteiger partial charge in [0, 0.05) is 25.2 Å². The summed E-state index contributed by atoms with van der Waals surface area (Å²) in [4.78, 5) is 2.27. The first-order chi connectivity index (χ1) is 9.20. The van der Waals surface area contributed by atoms with Gasteiger partial charge < -0.3 is 10.2 Å². The monoisotopic (exact) mass is 302 g/mol. The molecule has 4 nitrogen and oxygen atoms in total. The first-order valence-electron chi connectivity index (χ1n) is 6.87. The smallest absolute Gasteiger partial charge is 0.175 e. The lowest BCUT2D eigenvalue weighted by Gasteiger charge is -2.28. The fourth-order valence-corrected chi connectivity index (χ4v) is 2.76. The second-order valence-corrected chi connectivity index (χ2v) is 5.68. The summed E-state index contributed by atoms with van der Waals surface area (Å²) >= 11 is 12.1. The molecule has 0 amide bonds. The Morgan fingerprint density at radius 2 is 2.26 bits per heavy atom. The van der Waals surface area contributed by atoms with Crippen LogP contribution < -0.4 is 10.2 Å². The molecule has 106 valence electrons. The fourth-order valence-electron chi connectivity index (χ4n) is 2.40. The molecule has 1 aromatic heterocycles. The molecule has 1 N–H and O–H groups in total. The summed E-state index contributed by atoms with van der Waals surface area (Å²) < 4.78 is 0. The lowest BCUT2D eigenvalue weighted by molar-refractivity contribution is 0.571. The Labute approximate surface area is 124 Å². The molecule has 0 aromatic carbocycles. The second-order valence-electron chi connectivity index (χ2n) is 4.94. The molecule has 19 heavy (non-hydrogen) atoms. The molecule has 1 saturated heterocycles. The first-order valence-corrected chi connectivity index (χ1v) is 7.63. The van der Waals surface area contributed by atoms with Crippen LogP contribution in [0.4, 0.5) is 5.69 Å². The zero-order valence-corrected chi connectivity index (χ0v) is 12.7. The van der Waals surface area contributed by atoms with Crippen molar-refractivity contribution in [3.63, 3.8) is 0 Å². The van der Waals surface area contributed by atoms with E-state index in [4.69, 9.17) is 23.2 Å². The molecule has 0 spiro atoms. The van der Waals surface area contributed by atoms with E-state index in [9.17, 15) is 0 Å². The van der Waals surface area contributed by atoms with Crippen LogP contribution in [0.25, 0.3) is 0 Å². The van der Waals surface area contributed by atoms with Crippen molar-refractivity contribution in [1.82, 2.24) is 15.5 Å². The van der Waals surface area contributed by atoms with E-state index in [1.165, 1.54) is 12.8 Å². The maximum Gasteiger partial charge on any atom is 0.175 e. The molecule has 1 fully saturated rings. The quantitative estimate of drug-likeness (QED) is 0.876. The van der Waals surface area contributed by atoms with Crippen LogP contribution in [-0.2, 0) is 0 Å². The largest absolute Gasteiger partial charge is 0.367 e. The van der Waals surface area contributed by atoms with Gasteiger partial charge in [-0.25, -0.2) is 0 Å². The Morgan fingerprint density at radius 3 is 2.95 bits per heavy atom. The van der Waals surface area contributed by atoms with Gasteiger partial charge in [0.05, 0.1) is 5.69 Å². The van der Waals surface area contributed by atoms with E-state index < -0.39 is 0 Å². The third-order valence-corrected chi connectivity index (χ3v) is 3.88. The summed E-state index contributed by atoms with van der Waals surface area (Å²) in [5, 5.41) is 12.0. The van der Waals surface area contributed by atoms with Crippen LogP contribution in [0.5, 0.6) is 0 Å². The number of unbranched alkanes of at least 4 members (excludes halogenated alkanes) is 1. The number of aromatic nitrogens is 2. The topological polar surface area (TPSA) is 41.0 Å². The fraction of sp³-hybridized carbons (Fsp3) is 0.692. The second kappa shape index (κ2) is 7.27. The van der Waals surface area contributed by atoms with Gasteiger partial charge in [-0.15, -0.1) is 10.2 Å². The van der Waals surface area contributed by atoms with Crippen molar-refractivity contribution >= 4 is 28.9 Å². The van der Waals surface area contributed by atoms with Crippen LogP contribution in [0.2, 0.25) is 10.3 Å². The summed E-state index contributed by atoms with van der Waals surface area (Å²) in [5.41, 5.74) is 0.892. The molecule has 0 radical (unpaired) electrons. The molecule has 0 aliphatic carbocycles. The Hall–Kier alpha value is -0.580. The van der Waals surface area contributed by atoms with Gasteiger partial charge in [-0.05, 0) is 25.8 Å². The van der Waals surface area contributed by atoms with Crippen molar-refractivity contribution < 1.29 is 0 Å². The van der Waals surface area contributed by atoms with E-state index in [0.717, 1.165) is 38.2 Å². The SMILES string of the molecule is CCCCN(CC1CCCN1)c1cc(Cl)nnc1Cl. The van der Waals surface area contributed by atoms with Gasteiger partial charge in [0.2, 0.25) is 0 Å². The Bertz CT molecular complexity index is 408. The number of nitrogens with one attached hydrogen (secondary N) is 1. The number of halogens is 2. The molecule has 1 unspecified atom stereocenters. The summed E-state index contributed by atoms with van der Waals surface area (Å²) in [6.45, 7) is 5.21. The van der Waals surface area contributed by atoms with E-state index in [1.54, 1.807) is 0 Å². The molecular weight excluding hydrogens is 283 g/mol. The summed E-state index contributed by atoms with van der Waals surface area (Å²) in [7, 11) is 0. The zero-order valence-electron chi connectivity index (χ0n) is 11.2. The van der Waals surface area contributed by atoms with Crippen LogP contribution in [0.15, 0.2) is 6.07 Å². The third kappa shape index (κ3) is 4.20. The molecule has 2 heterocycles. The van der Waals surface area contributed by atoms with Gasteiger partial charge in [-0.1, -0.05) is 36.5 Å². The average Bonchev–Trinajstić information content (AvgIpc) is 2.90. The summed E-state index contributed by atoms with van der Waals surface area (Å²) in [6, 6.07) is 2.33. The predicted octanol–water partition coefficient (Wildman–Crippen LogP) is 3.14. The molecular formula is C13H20Cl2N4. The summed E-state index contributed by atoms with van der Waals surface area (Å²) in [5.74, 6) is 0. The van der Waals surface area contributed by atoms with Crippen molar-refractivity contribution in [3.8, 4) is 0 Å². The molecule has 1 atom stereocenters. The van der Waals surface area contributed by atoms with Crippen LogP contribution in [0, 0.1) is 0 Å². The number of hydrogen-bond acceptors (Lipinski definition) is 4. The van der Waals surface area contributed by atoms with Crippen LogP contribution >= 0.6 is 23.2 Å². The van der Waals surface area contributed by atoms with E-state index in [2.05, 4.69) is 27.3 Å². The maximum absolute atomic E-state index is 6.16. The first kappa shape index (κ1) is 14.8. The van der Waals surface area contributed by atoms with Gasteiger partial charge in [-0.2, -0.15) is 0 Å². The molecule has 1 aliphatic heterocycles. The Morgan fingerprint density at radius 1 is 1.42 bits per heavy atom. The number of rotatable bonds is 6. The highest BCUT2D eigenvalue weighted by Crippen LogP contribution is 2.26. The van der Waals surface area contributed by atoms with Crippen LogP contribution in [0.1, 0.15) is 32.6 Å². The van der Waals surface area contributed by atoms with E-state index in [1.807, 2.05) is 6.07 Å². The van der Waals surface area contributed by atoms with Crippen molar-refractivity contribution in [2.75, 3.05) is 24.5 Å². The average molecular weight is 303 g/mol. The van der Waals surface area contributed by atoms with Crippen LogP contribution in [0.3, 0.4) is 0 Å². The number of anilines is 1. The highest BCUT2D eigenvalue weighted by Gasteiger charge is 2.20. The van der Waals surface area contributed by atoms with Gasteiger partial charge in [0.25, 0.3) is 0 Å². The van der Waals surface area contributed by atoms with Crippen molar-refractivity contribution in [3.05, 3.63) is 16.4 Å². The van der Waals surface area contributed by atoms with Gasteiger partial charge in [0.15, 0.2) is 10.3 Å². The minimum Gasteiger partial charge on any atom is -0.367 e. The minimum absolute atomic E-state index is 0.389. The van der Waals surface area contributed by atoms with E-state index in [-0.39, 0.29) is 0 Å². The van der Waals surface area contributed by atoms with Crippen molar-refractivity contribution in [1.29, 1.82) is 0 Å². The maximum atomic E-state index is 6.16. The van der Waals surface area contributed by atoms with Gasteiger partial charge in [0.1, 0.15) is 0 Å². The number of nitrogens with zero attached hydrogens (tertiary/aromatic N) is 3. The van der Waals surface area contributed by atoms with Crippen molar-refractivity contribution in [2.24, 2.45) is 0 Å². The summed E-state index contributed by atoms with van der Waals surface area (Å²) in [6.07, 6.45) is 4.74. The van der Waals surface area contributed by atoms with E-state index >= 15 is 0 Å². The van der Waals surface area contributed by atoms with E-state index in [0.29, 0.717) is 16.3 Å². The lowest BCUT2D eigenvalue weighted by atomic mass is 10.2. The number of hydrogen-bond donors (Lipinski definition) is 1. The molecule has 6 heteroatoms. The Balaban J connectivity index is 2.12. The minimum atomic E-state index is 0.389. The van der Waals surface area contributed by atoms with Gasteiger partial charge >= 0.3 is 0 Å². The lowest BCUT2D eigenvalue weighted by Crippen LogP contribution is -2.38. The highest BCUT2D eigenvalue weighted by atomic mass is 35.5. The normalized spacial score (nSPS) is 18.8. The Kier molecular flexibility index (Phi) is 5.67. The highest BCUT2D eigenvalue weighted by molar-refractivity contribution is 6.33. The molecule has 2 rings (SSSR count). The third-order valence-electron chi connectivity index (χ3n) is 3.43. The van der Waals surface area contributed by atoms with Gasteiger partial charge in [-0.3, -0.25) is 0 Å². The zero-order chi connectivity index (χ0) is 13.7.